The van der Waals surface area contributed by atoms with Crippen LogP contribution in [0.25, 0.3) is 11.4 Å². The average Bonchev–Trinajstić information content (AvgIpc) is 2.75. The van der Waals surface area contributed by atoms with Crippen LogP contribution < -0.4 is 0 Å². The third-order valence-electron chi connectivity index (χ3n) is 3.19. The standard InChI is InChI=1S/C13H13BrFN3/c1-13(2)5-10-11(14)12(17-18(10)7-13)9-4-3-8(15)6-16-9/h3-4,6H,5,7H2,1-2H3. The second-order valence-electron chi connectivity index (χ2n) is 5.47. The van der Waals surface area contributed by atoms with Gasteiger partial charge >= 0.3 is 0 Å². The van der Waals surface area contributed by atoms with Gasteiger partial charge in [0.05, 0.1) is 22.1 Å². The third-order valence-corrected chi connectivity index (χ3v) is 4.02. The molecule has 2 aromatic rings. The molecule has 0 atom stereocenters. The van der Waals surface area contributed by atoms with Crippen molar-refractivity contribution in [3.8, 4) is 11.4 Å². The van der Waals surface area contributed by atoms with Crippen LogP contribution in [0, 0.1) is 11.2 Å². The highest BCUT2D eigenvalue weighted by Gasteiger charge is 2.33. The zero-order valence-electron chi connectivity index (χ0n) is 10.2. The first-order valence-electron chi connectivity index (χ1n) is 5.83. The first-order chi connectivity index (χ1) is 8.46. The number of halogens is 2. The summed E-state index contributed by atoms with van der Waals surface area (Å²) in [5.41, 5.74) is 2.93. The quantitative estimate of drug-likeness (QED) is 0.808. The Kier molecular flexibility index (Phi) is 2.55. The Labute approximate surface area is 113 Å². The SMILES string of the molecule is CC1(C)Cc2c(Br)c(-c3ccc(F)cn3)nn2C1. The molecular formula is C13H13BrFN3. The number of rotatable bonds is 1. The van der Waals surface area contributed by atoms with Gasteiger partial charge < -0.3 is 0 Å². The summed E-state index contributed by atoms with van der Waals surface area (Å²) in [7, 11) is 0. The van der Waals surface area contributed by atoms with Crippen molar-refractivity contribution in [3.63, 3.8) is 0 Å². The second-order valence-corrected chi connectivity index (χ2v) is 6.26. The summed E-state index contributed by atoms with van der Waals surface area (Å²) in [5.74, 6) is -0.331. The van der Waals surface area contributed by atoms with Gasteiger partial charge in [-0.05, 0) is 39.9 Å². The van der Waals surface area contributed by atoms with E-state index in [4.69, 9.17) is 0 Å². The van der Waals surface area contributed by atoms with Gasteiger partial charge in [0, 0.05) is 6.54 Å². The molecule has 5 heteroatoms. The first kappa shape index (κ1) is 11.8. The predicted octanol–water partition coefficient (Wildman–Crippen LogP) is 3.43. The Morgan fingerprint density at radius 2 is 2.17 bits per heavy atom. The maximum absolute atomic E-state index is 12.9. The Morgan fingerprint density at radius 1 is 1.39 bits per heavy atom. The summed E-state index contributed by atoms with van der Waals surface area (Å²) in [6, 6.07) is 3.06. The molecule has 0 spiro atoms. The highest BCUT2D eigenvalue weighted by atomic mass is 79.9. The molecule has 2 aromatic heterocycles. The van der Waals surface area contributed by atoms with E-state index in [0.29, 0.717) is 5.69 Å². The molecule has 0 bridgehead atoms. The van der Waals surface area contributed by atoms with Crippen molar-refractivity contribution in [3.05, 3.63) is 34.3 Å². The summed E-state index contributed by atoms with van der Waals surface area (Å²) in [5, 5.41) is 4.57. The zero-order valence-corrected chi connectivity index (χ0v) is 11.8. The van der Waals surface area contributed by atoms with Crippen LogP contribution in [0.1, 0.15) is 19.5 Å². The first-order valence-corrected chi connectivity index (χ1v) is 6.63. The smallest absolute Gasteiger partial charge is 0.141 e. The summed E-state index contributed by atoms with van der Waals surface area (Å²) < 4.78 is 15.9. The van der Waals surface area contributed by atoms with Crippen molar-refractivity contribution >= 4 is 15.9 Å². The molecule has 3 rings (SSSR count). The summed E-state index contributed by atoms with van der Waals surface area (Å²) in [6.45, 7) is 5.36. The van der Waals surface area contributed by atoms with E-state index < -0.39 is 0 Å². The third kappa shape index (κ3) is 1.86. The Hall–Kier alpha value is -1.23. The lowest BCUT2D eigenvalue weighted by Crippen LogP contribution is -2.13. The molecule has 0 saturated carbocycles. The van der Waals surface area contributed by atoms with E-state index in [9.17, 15) is 4.39 Å². The largest absolute Gasteiger partial charge is 0.267 e. The highest BCUT2D eigenvalue weighted by Crippen LogP contribution is 2.39. The fourth-order valence-corrected chi connectivity index (χ4v) is 3.00. The van der Waals surface area contributed by atoms with E-state index in [1.165, 1.54) is 18.0 Å². The van der Waals surface area contributed by atoms with Crippen molar-refractivity contribution < 1.29 is 4.39 Å². The molecule has 3 heterocycles. The van der Waals surface area contributed by atoms with Crippen molar-refractivity contribution in [2.75, 3.05) is 0 Å². The van der Waals surface area contributed by atoms with Crippen molar-refractivity contribution in [2.24, 2.45) is 5.41 Å². The minimum absolute atomic E-state index is 0.250. The lowest BCUT2D eigenvalue weighted by molar-refractivity contribution is 0.347. The van der Waals surface area contributed by atoms with Crippen LogP contribution in [0.5, 0.6) is 0 Å². The normalized spacial score (nSPS) is 16.9. The number of aromatic nitrogens is 3. The van der Waals surface area contributed by atoms with Crippen LogP contribution in [-0.2, 0) is 13.0 Å². The maximum Gasteiger partial charge on any atom is 0.141 e. The van der Waals surface area contributed by atoms with Gasteiger partial charge in [-0.3, -0.25) is 9.67 Å². The van der Waals surface area contributed by atoms with Gasteiger partial charge in [-0.1, -0.05) is 13.8 Å². The van der Waals surface area contributed by atoms with E-state index in [0.717, 1.165) is 23.1 Å². The second kappa shape index (κ2) is 3.88. The van der Waals surface area contributed by atoms with Gasteiger partial charge in [0.1, 0.15) is 11.5 Å². The fourth-order valence-electron chi connectivity index (χ4n) is 2.37. The molecule has 1 aliphatic rings. The molecule has 18 heavy (non-hydrogen) atoms. The molecule has 0 amide bonds. The average molecular weight is 310 g/mol. The minimum atomic E-state index is -0.331. The highest BCUT2D eigenvalue weighted by molar-refractivity contribution is 9.10. The molecule has 1 aliphatic heterocycles. The molecule has 3 nitrogen and oxygen atoms in total. The van der Waals surface area contributed by atoms with E-state index >= 15 is 0 Å². The summed E-state index contributed by atoms with van der Waals surface area (Å²) in [4.78, 5) is 4.08. The van der Waals surface area contributed by atoms with Gasteiger partial charge in [-0.2, -0.15) is 5.10 Å². The lowest BCUT2D eigenvalue weighted by Gasteiger charge is -2.14. The fraction of sp³-hybridized carbons (Fsp3) is 0.385. The summed E-state index contributed by atoms with van der Waals surface area (Å²) >= 11 is 3.59. The van der Waals surface area contributed by atoms with Crippen LogP contribution in [-0.4, -0.2) is 14.8 Å². The topological polar surface area (TPSA) is 30.7 Å². The number of nitrogens with zero attached hydrogens (tertiary/aromatic N) is 3. The molecule has 0 fully saturated rings. The van der Waals surface area contributed by atoms with Crippen molar-refractivity contribution in [1.29, 1.82) is 0 Å². The molecule has 0 N–H and O–H groups in total. The van der Waals surface area contributed by atoms with Gasteiger partial charge in [-0.15, -0.1) is 0 Å². The van der Waals surface area contributed by atoms with Crippen LogP contribution in [0.3, 0.4) is 0 Å². The zero-order chi connectivity index (χ0) is 12.9. The molecule has 0 saturated heterocycles. The van der Waals surface area contributed by atoms with Crippen LogP contribution >= 0.6 is 15.9 Å². The van der Waals surface area contributed by atoms with Crippen LogP contribution in [0.4, 0.5) is 4.39 Å². The molecule has 0 unspecified atom stereocenters. The Bertz CT molecular complexity index is 601. The van der Waals surface area contributed by atoms with Crippen LogP contribution in [0.15, 0.2) is 22.8 Å². The molecular weight excluding hydrogens is 297 g/mol. The molecule has 0 aromatic carbocycles. The number of hydrogen-bond acceptors (Lipinski definition) is 2. The van der Waals surface area contributed by atoms with E-state index in [-0.39, 0.29) is 11.2 Å². The van der Waals surface area contributed by atoms with Gasteiger partial charge in [0.25, 0.3) is 0 Å². The molecule has 0 aliphatic carbocycles. The number of fused-ring (bicyclic) bond motifs is 1. The lowest BCUT2D eigenvalue weighted by atomic mass is 9.91. The number of pyridine rings is 1. The van der Waals surface area contributed by atoms with Crippen molar-refractivity contribution in [1.82, 2.24) is 14.8 Å². The summed E-state index contributed by atoms with van der Waals surface area (Å²) in [6.07, 6.45) is 2.21. The number of hydrogen-bond donors (Lipinski definition) is 0. The molecule has 0 radical (unpaired) electrons. The predicted molar refractivity (Wildman–Crippen MR) is 70.6 cm³/mol. The maximum atomic E-state index is 12.9. The van der Waals surface area contributed by atoms with Crippen LogP contribution in [0.2, 0.25) is 0 Å². The Balaban J connectivity index is 2.04. The monoisotopic (exact) mass is 309 g/mol. The minimum Gasteiger partial charge on any atom is -0.267 e. The van der Waals surface area contributed by atoms with E-state index in [1.54, 1.807) is 6.07 Å². The van der Waals surface area contributed by atoms with Gasteiger partial charge in [0.15, 0.2) is 0 Å². The van der Waals surface area contributed by atoms with Gasteiger partial charge in [-0.25, -0.2) is 4.39 Å². The van der Waals surface area contributed by atoms with E-state index in [1.807, 2.05) is 4.68 Å². The molecule has 94 valence electrons. The van der Waals surface area contributed by atoms with E-state index in [2.05, 4.69) is 39.9 Å². The van der Waals surface area contributed by atoms with Crippen molar-refractivity contribution in [2.45, 2.75) is 26.8 Å². The Morgan fingerprint density at radius 3 is 2.78 bits per heavy atom. The van der Waals surface area contributed by atoms with Gasteiger partial charge in [0.2, 0.25) is 0 Å².